The molecule has 0 atom stereocenters. The first-order valence-electron chi connectivity index (χ1n) is 9.37. The second-order valence-corrected chi connectivity index (χ2v) is 7.07. The minimum Gasteiger partial charge on any atom is -0.497 e. The van der Waals surface area contributed by atoms with Gasteiger partial charge in [-0.3, -0.25) is 9.69 Å². The standard InChI is InChI=1S/C22H28N2O4/c1-23(13-16-6-5-7-19(10-16)26-2)15-22(25)24-9-8-17-11-20(27-3)21(28-4)12-18(17)14-24/h5-7,10-12H,8-9,13-15H2,1-4H3. The number of carbonyl (C=O) groups excluding carboxylic acids is 1. The fourth-order valence-electron chi connectivity index (χ4n) is 3.57. The van der Waals surface area contributed by atoms with Crippen molar-refractivity contribution in [2.75, 3.05) is 41.5 Å². The Morgan fingerprint density at radius 3 is 2.43 bits per heavy atom. The van der Waals surface area contributed by atoms with E-state index in [2.05, 4.69) is 0 Å². The van der Waals surface area contributed by atoms with Gasteiger partial charge in [0.2, 0.25) is 5.91 Å². The van der Waals surface area contributed by atoms with E-state index in [1.807, 2.05) is 53.2 Å². The smallest absolute Gasteiger partial charge is 0.237 e. The van der Waals surface area contributed by atoms with Crippen LogP contribution < -0.4 is 14.2 Å². The lowest BCUT2D eigenvalue weighted by Crippen LogP contribution is -2.41. The Hall–Kier alpha value is -2.73. The number of fused-ring (bicyclic) bond motifs is 1. The Morgan fingerprint density at radius 2 is 1.75 bits per heavy atom. The largest absolute Gasteiger partial charge is 0.497 e. The van der Waals surface area contributed by atoms with Crippen LogP contribution in [0.4, 0.5) is 0 Å². The number of amides is 1. The van der Waals surface area contributed by atoms with Gasteiger partial charge < -0.3 is 19.1 Å². The van der Waals surface area contributed by atoms with Crippen LogP contribution in [0.25, 0.3) is 0 Å². The van der Waals surface area contributed by atoms with Gasteiger partial charge in [-0.1, -0.05) is 12.1 Å². The number of benzene rings is 2. The summed E-state index contributed by atoms with van der Waals surface area (Å²) in [7, 11) is 6.89. The van der Waals surface area contributed by atoms with Gasteiger partial charge in [0.1, 0.15) is 5.75 Å². The van der Waals surface area contributed by atoms with Gasteiger partial charge in [0, 0.05) is 19.6 Å². The maximum atomic E-state index is 12.8. The fourth-order valence-corrected chi connectivity index (χ4v) is 3.57. The van der Waals surface area contributed by atoms with Crippen LogP contribution in [0.2, 0.25) is 0 Å². The number of carbonyl (C=O) groups is 1. The first-order valence-corrected chi connectivity index (χ1v) is 9.37. The van der Waals surface area contributed by atoms with E-state index < -0.39 is 0 Å². The van der Waals surface area contributed by atoms with E-state index in [9.17, 15) is 4.79 Å². The molecular formula is C22H28N2O4. The highest BCUT2D eigenvalue weighted by Gasteiger charge is 2.23. The van der Waals surface area contributed by atoms with Crippen LogP contribution in [0.15, 0.2) is 36.4 Å². The normalized spacial score (nSPS) is 13.2. The van der Waals surface area contributed by atoms with Gasteiger partial charge in [0.05, 0.1) is 27.9 Å². The van der Waals surface area contributed by atoms with E-state index in [4.69, 9.17) is 14.2 Å². The predicted octanol–water partition coefficient (Wildman–Crippen LogP) is 2.73. The van der Waals surface area contributed by atoms with Crippen molar-refractivity contribution in [3.05, 3.63) is 53.1 Å². The molecule has 1 amide bonds. The average Bonchev–Trinajstić information content (AvgIpc) is 2.72. The van der Waals surface area contributed by atoms with Gasteiger partial charge in [0.15, 0.2) is 11.5 Å². The molecule has 3 rings (SSSR count). The lowest BCUT2D eigenvalue weighted by atomic mass is 9.98. The molecule has 0 N–H and O–H groups in total. The molecule has 0 radical (unpaired) electrons. The number of ether oxygens (including phenoxy) is 3. The Morgan fingerprint density at radius 1 is 1.04 bits per heavy atom. The van der Waals surface area contributed by atoms with Gasteiger partial charge in [-0.25, -0.2) is 0 Å². The van der Waals surface area contributed by atoms with E-state index in [0.29, 0.717) is 31.9 Å². The van der Waals surface area contributed by atoms with Crippen LogP contribution >= 0.6 is 0 Å². The summed E-state index contributed by atoms with van der Waals surface area (Å²) >= 11 is 0. The monoisotopic (exact) mass is 384 g/mol. The molecule has 0 spiro atoms. The summed E-state index contributed by atoms with van der Waals surface area (Å²) in [5, 5.41) is 0. The van der Waals surface area contributed by atoms with Crippen molar-refractivity contribution in [3.63, 3.8) is 0 Å². The Balaban J connectivity index is 1.62. The molecule has 1 heterocycles. The molecule has 0 fully saturated rings. The summed E-state index contributed by atoms with van der Waals surface area (Å²) in [6.07, 6.45) is 0.820. The number of likely N-dealkylation sites (N-methyl/N-ethyl adjacent to an activating group) is 1. The van der Waals surface area contributed by atoms with Crippen molar-refractivity contribution in [1.82, 2.24) is 9.80 Å². The van der Waals surface area contributed by atoms with E-state index in [1.165, 1.54) is 5.56 Å². The third kappa shape index (κ3) is 4.57. The third-order valence-corrected chi connectivity index (χ3v) is 5.06. The molecule has 6 heteroatoms. The summed E-state index contributed by atoms with van der Waals surface area (Å²) < 4.78 is 16.1. The zero-order valence-corrected chi connectivity index (χ0v) is 17.0. The molecule has 1 aliphatic rings. The van der Waals surface area contributed by atoms with Gasteiger partial charge in [-0.2, -0.15) is 0 Å². The van der Waals surface area contributed by atoms with Crippen LogP contribution in [0.3, 0.4) is 0 Å². The Bertz CT molecular complexity index is 837. The maximum Gasteiger partial charge on any atom is 0.237 e. The zero-order valence-electron chi connectivity index (χ0n) is 17.0. The quantitative estimate of drug-likeness (QED) is 0.735. The van der Waals surface area contributed by atoms with E-state index in [-0.39, 0.29) is 5.91 Å². The number of hydrogen-bond acceptors (Lipinski definition) is 5. The van der Waals surface area contributed by atoms with Gasteiger partial charge in [-0.05, 0) is 54.4 Å². The first kappa shape index (κ1) is 20.0. The van der Waals surface area contributed by atoms with Crippen molar-refractivity contribution in [3.8, 4) is 17.2 Å². The molecule has 28 heavy (non-hydrogen) atoms. The van der Waals surface area contributed by atoms with Crippen molar-refractivity contribution in [2.45, 2.75) is 19.5 Å². The van der Waals surface area contributed by atoms with Crippen molar-refractivity contribution >= 4 is 5.91 Å². The summed E-state index contributed by atoms with van der Waals surface area (Å²) in [4.78, 5) is 16.8. The van der Waals surface area contributed by atoms with Crippen LogP contribution in [-0.2, 0) is 24.3 Å². The van der Waals surface area contributed by atoms with Crippen molar-refractivity contribution < 1.29 is 19.0 Å². The highest BCUT2D eigenvalue weighted by molar-refractivity contribution is 5.78. The molecule has 0 unspecified atom stereocenters. The summed E-state index contributed by atoms with van der Waals surface area (Å²) in [6.45, 7) is 2.38. The summed E-state index contributed by atoms with van der Waals surface area (Å²) in [6, 6.07) is 11.9. The van der Waals surface area contributed by atoms with Crippen molar-refractivity contribution in [1.29, 1.82) is 0 Å². The minimum absolute atomic E-state index is 0.130. The lowest BCUT2D eigenvalue weighted by molar-refractivity contribution is -0.133. The number of rotatable bonds is 7. The first-order chi connectivity index (χ1) is 13.5. The Kier molecular flexibility index (Phi) is 6.41. The van der Waals surface area contributed by atoms with Crippen LogP contribution in [0, 0.1) is 0 Å². The van der Waals surface area contributed by atoms with E-state index >= 15 is 0 Å². The lowest BCUT2D eigenvalue weighted by Gasteiger charge is -2.31. The molecule has 0 aliphatic carbocycles. The van der Waals surface area contributed by atoms with E-state index in [0.717, 1.165) is 29.0 Å². The fraction of sp³-hybridized carbons (Fsp3) is 0.409. The van der Waals surface area contributed by atoms with Gasteiger partial charge in [0.25, 0.3) is 0 Å². The molecule has 0 bridgehead atoms. The molecule has 2 aromatic carbocycles. The highest BCUT2D eigenvalue weighted by atomic mass is 16.5. The third-order valence-electron chi connectivity index (χ3n) is 5.06. The van der Waals surface area contributed by atoms with Crippen LogP contribution in [0.1, 0.15) is 16.7 Å². The molecule has 1 aliphatic heterocycles. The molecule has 0 saturated carbocycles. The molecular weight excluding hydrogens is 356 g/mol. The highest BCUT2D eigenvalue weighted by Crippen LogP contribution is 2.33. The maximum absolute atomic E-state index is 12.8. The van der Waals surface area contributed by atoms with E-state index in [1.54, 1.807) is 21.3 Å². The summed E-state index contributed by atoms with van der Waals surface area (Å²) in [5.41, 5.74) is 3.45. The summed E-state index contributed by atoms with van der Waals surface area (Å²) in [5.74, 6) is 2.39. The van der Waals surface area contributed by atoms with Gasteiger partial charge >= 0.3 is 0 Å². The molecule has 2 aromatic rings. The zero-order chi connectivity index (χ0) is 20.1. The SMILES string of the molecule is COc1cccc(CN(C)CC(=O)N2CCc3cc(OC)c(OC)cc3C2)c1. The van der Waals surface area contributed by atoms with Crippen molar-refractivity contribution in [2.24, 2.45) is 0 Å². The second-order valence-electron chi connectivity index (χ2n) is 7.07. The number of methoxy groups -OCH3 is 3. The molecule has 6 nitrogen and oxygen atoms in total. The minimum atomic E-state index is 0.130. The predicted molar refractivity (Wildman–Crippen MR) is 108 cm³/mol. The topological polar surface area (TPSA) is 51.2 Å². The second kappa shape index (κ2) is 8.97. The number of nitrogens with zero attached hydrogens (tertiary/aromatic N) is 2. The number of hydrogen-bond donors (Lipinski definition) is 0. The van der Waals surface area contributed by atoms with Crippen LogP contribution in [-0.4, -0.2) is 57.2 Å². The molecule has 0 saturated heterocycles. The van der Waals surface area contributed by atoms with Gasteiger partial charge in [-0.15, -0.1) is 0 Å². The van der Waals surface area contributed by atoms with Crippen LogP contribution in [0.5, 0.6) is 17.2 Å². The average molecular weight is 384 g/mol. The molecule has 0 aromatic heterocycles. The Labute approximate surface area is 166 Å². The molecule has 150 valence electrons.